The van der Waals surface area contributed by atoms with Crippen LogP contribution in [0.15, 0.2) is 4.99 Å². The number of aliphatic imine (C=N–C) groups is 1. The van der Waals surface area contributed by atoms with Crippen LogP contribution in [0.4, 0.5) is 0 Å². The van der Waals surface area contributed by atoms with Gasteiger partial charge >= 0.3 is 0 Å². The molecule has 1 aliphatic heterocycles. The maximum atomic E-state index is 4.56. The molecule has 0 fully saturated rings. The third kappa shape index (κ3) is 1.39. The van der Waals surface area contributed by atoms with E-state index in [0.717, 1.165) is 5.17 Å². The molecule has 0 saturated carbocycles. The molecule has 0 aromatic heterocycles. The van der Waals surface area contributed by atoms with E-state index in [2.05, 4.69) is 38.0 Å². The van der Waals surface area contributed by atoms with Crippen LogP contribution in [-0.2, 0) is 0 Å². The van der Waals surface area contributed by atoms with Crippen molar-refractivity contribution in [2.75, 3.05) is 6.26 Å². The first-order valence-electron chi connectivity index (χ1n) is 3.81. The molecule has 3 heteroatoms. The summed E-state index contributed by atoms with van der Waals surface area (Å²) in [6.45, 7) is 8.67. The zero-order valence-electron chi connectivity index (χ0n) is 7.86. The Kier molecular flexibility index (Phi) is 1.95. The molecule has 0 bridgehead atoms. The number of nitrogens with zero attached hydrogens (tertiary/aromatic N) is 1. The summed E-state index contributed by atoms with van der Waals surface area (Å²) in [5, 5.41) is 4.44. The largest absolute Gasteiger partial charge is 0.358 e. The third-order valence-electron chi connectivity index (χ3n) is 2.52. The van der Waals surface area contributed by atoms with Crippen molar-refractivity contribution in [3.63, 3.8) is 0 Å². The predicted octanol–water partition coefficient (Wildman–Crippen LogP) is 1.87. The molecule has 1 N–H and O–H groups in total. The first kappa shape index (κ1) is 8.91. The topological polar surface area (TPSA) is 24.4 Å². The Morgan fingerprint density at radius 3 is 2.00 bits per heavy atom. The smallest absolute Gasteiger partial charge is 0.157 e. The minimum atomic E-state index is 0.0192. The van der Waals surface area contributed by atoms with Gasteiger partial charge in [0.15, 0.2) is 5.17 Å². The molecule has 64 valence electrons. The Labute approximate surface area is 72.9 Å². The summed E-state index contributed by atoms with van der Waals surface area (Å²) >= 11 is 1.68. The maximum absolute atomic E-state index is 4.56. The van der Waals surface area contributed by atoms with Crippen LogP contribution < -0.4 is 5.32 Å². The first-order chi connectivity index (χ1) is 4.89. The Balaban J connectivity index is 2.87. The second kappa shape index (κ2) is 2.41. The molecule has 2 nitrogen and oxygen atoms in total. The molecule has 1 heterocycles. The van der Waals surface area contributed by atoms with Gasteiger partial charge in [-0.2, -0.15) is 0 Å². The van der Waals surface area contributed by atoms with Gasteiger partial charge in [0.05, 0.1) is 11.1 Å². The van der Waals surface area contributed by atoms with Gasteiger partial charge in [-0.1, -0.05) is 11.8 Å². The zero-order chi connectivity index (χ0) is 8.70. The molecule has 0 unspecified atom stereocenters. The normalized spacial score (nSPS) is 26.1. The summed E-state index contributed by atoms with van der Waals surface area (Å²) in [5.41, 5.74) is 0.108. The molecule has 0 atom stereocenters. The SMILES string of the molecule is CSC1=NC(C)(C)C(C)(C)N1. The van der Waals surface area contributed by atoms with E-state index in [1.165, 1.54) is 0 Å². The van der Waals surface area contributed by atoms with Gasteiger partial charge in [0.2, 0.25) is 0 Å². The lowest BCUT2D eigenvalue weighted by atomic mass is 9.85. The van der Waals surface area contributed by atoms with Gasteiger partial charge in [0.25, 0.3) is 0 Å². The molecule has 0 aromatic carbocycles. The lowest BCUT2D eigenvalue weighted by Crippen LogP contribution is -2.49. The number of hydrogen-bond acceptors (Lipinski definition) is 3. The van der Waals surface area contributed by atoms with Crippen LogP contribution in [0.25, 0.3) is 0 Å². The fourth-order valence-electron chi connectivity index (χ4n) is 0.939. The van der Waals surface area contributed by atoms with Crippen molar-refractivity contribution in [2.24, 2.45) is 4.99 Å². The lowest BCUT2D eigenvalue weighted by molar-refractivity contribution is 0.310. The second-order valence-corrected chi connectivity index (χ2v) is 4.73. The Morgan fingerprint density at radius 2 is 1.82 bits per heavy atom. The van der Waals surface area contributed by atoms with Crippen molar-refractivity contribution < 1.29 is 0 Å². The summed E-state index contributed by atoms with van der Waals surface area (Å²) in [7, 11) is 0. The van der Waals surface area contributed by atoms with Crippen LogP contribution >= 0.6 is 11.8 Å². The second-order valence-electron chi connectivity index (χ2n) is 3.93. The van der Waals surface area contributed by atoms with Crippen LogP contribution in [0.1, 0.15) is 27.7 Å². The molecule has 1 aliphatic rings. The maximum Gasteiger partial charge on any atom is 0.157 e. The quantitative estimate of drug-likeness (QED) is 0.603. The Morgan fingerprint density at radius 1 is 1.27 bits per heavy atom. The van der Waals surface area contributed by atoms with Gasteiger partial charge in [0.1, 0.15) is 0 Å². The molecule has 0 aromatic rings. The summed E-state index contributed by atoms with van der Waals surface area (Å²) in [6, 6.07) is 0. The van der Waals surface area contributed by atoms with Gasteiger partial charge in [-0.25, -0.2) is 0 Å². The van der Waals surface area contributed by atoms with E-state index < -0.39 is 0 Å². The van der Waals surface area contributed by atoms with Crippen molar-refractivity contribution in [3.05, 3.63) is 0 Å². The van der Waals surface area contributed by atoms with Crippen LogP contribution in [0.5, 0.6) is 0 Å². The molecule has 0 amide bonds. The highest BCUT2D eigenvalue weighted by molar-refractivity contribution is 8.13. The lowest BCUT2D eigenvalue weighted by Gasteiger charge is -2.32. The molecular formula is C8H16N2S. The summed E-state index contributed by atoms with van der Waals surface area (Å²) in [4.78, 5) is 4.56. The van der Waals surface area contributed by atoms with Gasteiger partial charge < -0.3 is 5.32 Å². The van der Waals surface area contributed by atoms with Crippen LogP contribution in [0.2, 0.25) is 0 Å². The monoisotopic (exact) mass is 172 g/mol. The highest BCUT2D eigenvalue weighted by Crippen LogP contribution is 2.31. The minimum Gasteiger partial charge on any atom is -0.358 e. The van der Waals surface area contributed by atoms with E-state index in [9.17, 15) is 0 Å². The van der Waals surface area contributed by atoms with Crippen molar-refractivity contribution in [2.45, 2.75) is 38.8 Å². The van der Waals surface area contributed by atoms with Gasteiger partial charge in [-0.3, -0.25) is 4.99 Å². The van der Waals surface area contributed by atoms with E-state index >= 15 is 0 Å². The van der Waals surface area contributed by atoms with Gasteiger partial charge in [0, 0.05) is 0 Å². The van der Waals surface area contributed by atoms with E-state index in [-0.39, 0.29) is 11.1 Å². The number of rotatable bonds is 0. The van der Waals surface area contributed by atoms with E-state index in [0.29, 0.717) is 0 Å². The molecule has 0 spiro atoms. The summed E-state index contributed by atoms with van der Waals surface area (Å²) in [5.74, 6) is 0. The number of thioether (sulfide) groups is 1. The molecular weight excluding hydrogens is 156 g/mol. The number of nitrogens with one attached hydrogen (secondary N) is 1. The van der Waals surface area contributed by atoms with Gasteiger partial charge in [-0.15, -0.1) is 0 Å². The van der Waals surface area contributed by atoms with E-state index in [1.807, 2.05) is 6.26 Å². The third-order valence-corrected chi connectivity index (χ3v) is 3.10. The first-order valence-corrected chi connectivity index (χ1v) is 5.03. The molecule has 0 aliphatic carbocycles. The number of amidine groups is 1. The summed E-state index contributed by atoms with van der Waals surface area (Å²) < 4.78 is 0. The van der Waals surface area contributed by atoms with Crippen molar-refractivity contribution in [1.82, 2.24) is 5.32 Å². The Hall–Kier alpha value is -0.180. The van der Waals surface area contributed by atoms with Crippen LogP contribution in [0, 0.1) is 0 Å². The molecule has 1 rings (SSSR count). The average molecular weight is 172 g/mol. The summed E-state index contributed by atoms with van der Waals surface area (Å²) in [6.07, 6.45) is 2.04. The number of hydrogen-bond donors (Lipinski definition) is 1. The average Bonchev–Trinajstić information content (AvgIpc) is 2.03. The van der Waals surface area contributed by atoms with Crippen LogP contribution in [-0.4, -0.2) is 22.5 Å². The van der Waals surface area contributed by atoms with E-state index in [1.54, 1.807) is 11.8 Å². The van der Waals surface area contributed by atoms with Crippen molar-refractivity contribution in [3.8, 4) is 0 Å². The fourth-order valence-corrected chi connectivity index (χ4v) is 1.62. The minimum absolute atomic E-state index is 0.0192. The molecule has 11 heavy (non-hydrogen) atoms. The van der Waals surface area contributed by atoms with Crippen LogP contribution in [0.3, 0.4) is 0 Å². The highest BCUT2D eigenvalue weighted by atomic mass is 32.2. The predicted molar refractivity (Wildman–Crippen MR) is 52.2 cm³/mol. The Bertz CT molecular complexity index is 194. The van der Waals surface area contributed by atoms with Crippen molar-refractivity contribution in [1.29, 1.82) is 0 Å². The van der Waals surface area contributed by atoms with Crippen molar-refractivity contribution >= 4 is 16.9 Å². The highest BCUT2D eigenvalue weighted by Gasteiger charge is 2.42. The fraction of sp³-hybridized carbons (Fsp3) is 0.875. The molecule has 0 saturated heterocycles. The standard InChI is InChI=1S/C8H16N2S/c1-7(2)8(3,4)10-6(9-7)11-5/h1-5H3,(H,9,10). The van der Waals surface area contributed by atoms with E-state index in [4.69, 9.17) is 0 Å². The zero-order valence-corrected chi connectivity index (χ0v) is 8.67. The molecule has 0 radical (unpaired) electrons. The van der Waals surface area contributed by atoms with Gasteiger partial charge in [-0.05, 0) is 34.0 Å².